The van der Waals surface area contributed by atoms with E-state index in [9.17, 15) is 18.0 Å². The Kier molecular flexibility index (Phi) is 8.18. The van der Waals surface area contributed by atoms with Gasteiger partial charge in [-0.2, -0.15) is 8.42 Å². The Morgan fingerprint density at radius 2 is 1.65 bits per heavy atom. The first-order chi connectivity index (χ1) is 14.5. The normalized spacial score (nSPS) is 11.7. The van der Waals surface area contributed by atoms with Gasteiger partial charge in [-0.15, -0.1) is 0 Å². The maximum absolute atomic E-state index is 12.7. The molecule has 31 heavy (non-hydrogen) atoms. The summed E-state index contributed by atoms with van der Waals surface area (Å²) in [6.45, 7) is 4.61. The number of carbonyl (C=O) groups is 2. The molecule has 1 amide bonds. The lowest BCUT2D eigenvalue weighted by Gasteiger charge is -2.27. The van der Waals surface area contributed by atoms with Crippen LogP contribution in [0, 0.1) is 0 Å². The Balaban J connectivity index is 2.18. The van der Waals surface area contributed by atoms with Gasteiger partial charge in [0.25, 0.3) is 10.1 Å². The second-order valence-corrected chi connectivity index (χ2v) is 9.52. The lowest BCUT2D eigenvalue weighted by Crippen LogP contribution is -2.38. The van der Waals surface area contributed by atoms with Crippen molar-refractivity contribution in [1.82, 2.24) is 4.90 Å². The Labute approximate surface area is 182 Å². The van der Waals surface area contributed by atoms with Crippen LogP contribution >= 0.6 is 0 Å². The minimum atomic E-state index is -4.07. The highest BCUT2D eigenvalue weighted by Gasteiger charge is 2.25. The molecule has 0 saturated heterocycles. The topological polar surface area (TPSA) is 110 Å². The van der Waals surface area contributed by atoms with Crippen molar-refractivity contribution in [3.8, 4) is 0 Å². The molecular formula is C22H27NO7S. The van der Waals surface area contributed by atoms with E-state index in [1.54, 1.807) is 63.2 Å². The van der Waals surface area contributed by atoms with E-state index in [4.69, 9.17) is 14.0 Å². The average molecular weight is 450 g/mol. The van der Waals surface area contributed by atoms with Gasteiger partial charge in [0.15, 0.2) is 0 Å². The summed E-state index contributed by atoms with van der Waals surface area (Å²) in [4.78, 5) is 24.6. The fourth-order valence-corrected chi connectivity index (χ4v) is 3.53. The van der Waals surface area contributed by atoms with Crippen LogP contribution in [0.3, 0.4) is 0 Å². The van der Waals surface area contributed by atoms with E-state index < -0.39 is 34.5 Å². The summed E-state index contributed by atoms with van der Waals surface area (Å²) in [7, 11) is -4.07. The molecule has 0 spiro atoms. The Bertz CT molecular complexity index is 998. The molecule has 2 rings (SSSR count). The number of amides is 1. The Morgan fingerprint density at radius 3 is 2.26 bits per heavy atom. The quantitative estimate of drug-likeness (QED) is 0.458. The van der Waals surface area contributed by atoms with Gasteiger partial charge in [0.2, 0.25) is 0 Å². The van der Waals surface area contributed by atoms with Crippen LogP contribution in [-0.4, -0.2) is 42.8 Å². The van der Waals surface area contributed by atoms with Gasteiger partial charge in [0.1, 0.15) is 12.3 Å². The van der Waals surface area contributed by atoms with Gasteiger partial charge in [0, 0.05) is 6.42 Å². The van der Waals surface area contributed by atoms with Gasteiger partial charge in [0.05, 0.1) is 11.4 Å². The highest BCUT2D eigenvalue weighted by Crippen LogP contribution is 2.17. The summed E-state index contributed by atoms with van der Waals surface area (Å²) >= 11 is 0. The van der Waals surface area contributed by atoms with Crippen LogP contribution in [0.4, 0.5) is 4.79 Å². The first-order valence-electron chi connectivity index (χ1n) is 9.68. The zero-order valence-corrected chi connectivity index (χ0v) is 18.6. The third kappa shape index (κ3) is 8.39. The van der Waals surface area contributed by atoms with Gasteiger partial charge in [-0.1, -0.05) is 42.5 Å². The number of hydrogen-bond acceptors (Lipinski definition) is 6. The van der Waals surface area contributed by atoms with Crippen molar-refractivity contribution >= 4 is 22.2 Å². The molecule has 0 heterocycles. The molecule has 0 saturated carbocycles. The molecule has 0 aliphatic rings. The zero-order chi connectivity index (χ0) is 23.1. The van der Waals surface area contributed by atoms with Crippen molar-refractivity contribution in [2.45, 2.75) is 50.7 Å². The third-order valence-electron chi connectivity index (χ3n) is 4.04. The van der Waals surface area contributed by atoms with Crippen molar-refractivity contribution in [3.63, 3.8) is 0 Å². The van der Waals surface area contributed by atoms with Crippen molar-refractivity contribution in [3.05, 3.63) is 65.7 Å². The molecule has 1 N–H and O–H groups in total. The number of carboxylic acids is 1. The lowest BCUT2D eigenvalue weighted by molar-refractivity contribution is -0.136. The van der Waals surface area contributed by atoms with Crippen LogP contribution in [0.15, 0.2) is 59.5 Å². The van der Waals surface area contributed by atoms with Crippen molar-refractivity contribution < 1.29 is 32.0 Å². The summed E-state index contributed by atoms with van der Waals surface area (Å²) in [5, 5.41) is 8.87. The van der Waals surface area contributed by atoms with Gasteiger partial charge < -0.3 is 9.84 Å². The SMILES string of the molecule is CC(C)(C)OC(=O)N(COS(=O)(=O)c1ccccc1)Cc1cccc(CCC(=O)O)c1. The molecule has 0 unspecified atom stereocenters. The van der Waals surface area contributed by atoms with Crippen LogP contribution < -0.4 is 0 Å². The molecule has 0 aromatic heterocycles. The largest absolute Gasteiger partial charge is 0.481 e. The molecule has 168 valence electrons. The van der Waals surface area contributed by atoms with Crippen molar-refractivity contribution in [2.24, 2.45) is 0 Å². The number of carbonyl (C=O) groups excluding carboxylic acids is 1. The van der Waals surface area contributed by atoms with Gasteiger partial charge in [-0.3, -0.25) is 9.69 Å². The van der Waals surface area contributed by atoms with Crippen LogP contribution in [0.25, 0.3) is 0 Å². The molecule has 9 heteroatoms. The number of ether oxygens (including phenoxy) is 1. The predicted octanol–water partition coefficient (Wildman–Crippen LogP) is 3.80. The molecular weight excluding hydrogens is 422 g/mol. The van der Waals surface area contributed by atoms with E-state index in [-0.39, 0.29) is 17.9 Å². The lowest BCUT2D eigenvalue weighted by atomic mass is 10.1. The van der Waals surface area contributed by atoms with Gasteiger partial charge in [-0.05, 0) is 50.5 Å². The monoisotopic (exact) mass is 449 g/mol. The summed E-state index contributed by atoms with van der Waals surface area (Å²) in [6.07, 6.45) is -0.404. The fraction of sp³-hybridized carbons (Fsp3) is 0.364. The molecule has 0 atom stereocenters. The van der Waals surface area contributed by atoms with E-state index in [1.165, 1.54) is 12.1 Å². The van der Waals surface area contributed by atoms with E-state index in [0.717, 1.165) is 10.5 Å². The van der Waals surface area contributed by atoms with E-state index in [0.29, 0.717) is 12.0 Å². The molecule has 0 aliphatic heterocycles. The molecule has 0 aliphatic carbocycles. The van der Waals surface area contributed by atoms with Crippen LogP contribution in [0.2, 0.25) is 0 Å². The molecule has 0 bridgehead atoms. The second-order valence-electron chi connectivity index (χ2n) is 7.91. The maximum Gasteiger partial charge on any atom is 0.412 e. The number of hydrogen-bond donors (Lipinski definition) is 1. The van der Waals surface area contributed by atoms with Crippen LogP contribution in [0.5, 0.6) is 0 Å². The first-order valence-corrected chi connectivity index (χ1v) is 11.1. The van der Waals surface area contributed by atoms with Crippen LogP contribution in [0.1, 0.15) is 38.3 Å². The minimum absolute atomic E-state index is 0.0162. The molecule has 8 nitrogen and oxygen atoms in total. The second kappa shape index (κ2) is 10.4. The smallest absolute Gasteiger partial charge is 0.412 e. The highest BCUT2D eigenvalue weighted by molar-refractivity contribution is 7.86. The first kappa shape index (κ1) is 24.4. The molecule has 2 aromatic rings. The van der Waals surface area contributed by atoms with Gasteiger partial charge in [-0.25, -0.2) is 8.98 Å². The highest BCUT2D eigenvalue weighted by atomic mass is 32.2. The predicted molar refractivity (Wildman–Crippen MR) is 114 cm³/mol. The van der Waals surface area contributed by atoms with Crippen molar-refractivity contribution in [2.75, 3.05) is 6.73 Å². The number of nitrogens with zero attached hydrogens (tertiary/aromatic N) is 1. The molecule has 2 aromatic carbocycles. The van der Waals surface area contributed by atoms with Crippen LogP contribution in [-0.2, 0) is 36.8 Å². The molecule has 0 fully saturated rings. The number of aliphatic carboxylic acids is 1. The number of rotatable bonds is 9. The Morgan fingerprint density at radius 1 is 1.00 bits per heavy atom. The molecule has 0 radical (unpaired) electrons. The van der Waals surface area contributed by atoms with Crippen molar-refractivity contribution in [1.29, 1.82) is 0 Å². The third-order valence-corrected chi connectivity index (χ3v) is 5.30. The minimum Gasteiger partial charge on any atom is -0.481 e. The zero-order valence-electron chi connectivity index (χ0n) is 17.8. The number of carboxylic acid groups (broad SMARTS) is 1. The fourth-order valence-electron chi connectivity index (χ4n) is 2.63. The summed E-state index contributed by atoms with van der Waals surface area (Å²) in [5.41, 5.74) is 0.702. The average Bonchev–Trinajstić information content (AvgIpc) is 2.69. The summed E-state index contributed by atoms with van der Waals surface area (Å²) in [5.74, 6) is -0.902. The van der Waals surface area contributed by atoms with E-state index in [2.05, 4.69) is 0 Å². The standard InChI is InChI=1S/C22H27NO7S/c1-22(2,3)30-21(26)23(16-29-31(27,28)19-10-5-4-6-11-19)15-18-9-7-8-17(14-18)12-13-20(24)25/h4-11,14H,12-13,15-16H2,1-3H3,(H,24,25). The van der Waals surface area contributed by atoms with E-state index in [1.807, 2.05) is 0 Å². The van der Waals surface area contributed by atoms with E-state index >= 15 is 0 Å². The van der Waals surface area contributed by atoms with Gasteiger partial charge >= 0.3 is 12.1 Å². The Hall–Kier alpha value is -2.91. The maximum atomic E-state index is 12.7. The summed E-state index contributed by atoms with van der Waals surface area (Å²) in [6, 6.07) is 14.7. The number of benzene rings is 2. The summed E-state index contributed by atoms with van der Waals surface area (Å²) < 4.78 is 35.4. The number of aryl methyl sites for hydroxylation is 1.